The summed E-state index contributed by atoms with van der Waals surface area (Å²) in [7, 11) is 0. The highest BCUT2D eigenvalue weighted by atomic mass is 32.1. The average Bonchev–Trinajstić information content (AvgIpc) is 2.16. The van der Waals surface area contributed by atoms with Crippen LogP contribution in [0.1, 0.15) is 25.0 Å². The van der Waals surface area contributed by atoms with Gasteiger partial charge in [0, 0.05) is 12.7 Å². The van der Waals surface area contributed by atoms with Gasteiger partial charge < -0.3 is 11.1 Å². The normalized spacial score (nSPS) is 15.7. The zero-order valence-electron chi connectivity index (χ0n) is 8.44. The molecule has 1 aliphatic carbocycles. The lowest BCUT2D eigenvalue weighted by Gasteiger charge is -2.25. The molecule has 0 radical (unpaired) electrons. The minimum atomic E-state index is 0.309. The van der Waals surface area contributed by atoms with E-state index < -0.39 is 0 Å². The Morgan fingerprint density at radius 3 is 3.00 bits per heavy atom. The van der Waals surface area contributed by atoms with E-state index in [1.54, 1.807) is 12.3 Å². The van der Waals surface area contributed by atoms with Crippen LogP contribution in [0.2, 0.25) is 0 Å². The number of hydrogen-bond donors (Lipinski definition) is 2. The number of anilines is 1. The molecule has 1 aromatic rings. The fourth-order valence-corrected chi connectivity index (χ4v) is 1.63. The Labute approximate surface area is 94.3 Å². The van der Waals surface area contributed by atoms with E-state index in [4.69, 9.17) is 18.0 Å². The summed E-state index contributed by atoms with van der Waals surface area (Å²) in [6, 6.07) is 1.72. The Bertz CT molecular complexity index is 362. The van der Waals surface area contributed by atoms with Gasteiger partial charge in [0.15, 0.2) is 0 Å². The molecule has 4 nitrogen and oxygen atoms in total. The Morgan fingerprint density at radius 2 is 2.40 bits per heavy atom. The van der Waals surface area contributed by atoms with Crippen molar-refractivity contribution >= 4 is 23.2 Å². The standard InChI is InChI=1S/C10H14N4S/c11-9(15)8-4-5-12-10(14-8)13-6-7-2-1-3-7/h4-5,7H,1-3,6H2,(H2,11,15)(H,12,13,14). The van der Waals surface area contributed by atoms with Gasteiger partial charge in [0.25, 0.3) is 0 Å². The molecule has 80 valence electrons. The Kier molecular flexibility index (Phi) is 3.11. The fourth-order valence-electron chi connectivity index (χ4n) is 1.51. The van der Waals surface area contributed by atoms with Crippen LogP contribution < -0.4 is 11.1 Å². The first kappa shape index (κ1) is 10.3. The first-order valence-corrected chi connectivity index (χ1v) is 5.53. The van der Waals surface area contributed by atoms with Gasteiger partial charge in [0.1, 0.15) is 10.7 Å². The van der Waals surface area contributed by atoms with Crippen LogP contribution in [0.5, 0.6) is 0 Å². The van der Waals surface area contributed by atoms with Crippen molar-refractivity contribution in [3.8, 4) is 0 Å². The second-order valence-corrected chi connectivity index (χ2v) is 4.25. The zero-order chi connectivity index (χ0) is 10.7. The molecule has 0 atom stereocenters. The van der Waals surface area contributed by atoms with Crippen LogP contribution in [0.3, 0.4) is 0 Å². The highest BCUT2D eigenvalue weighted by molar-refractivity contribution is 7.80. The zero-order valence-corrected chi connectivity index (χ0v) is 9.26. The van der Waals surface area contributed by atoms with Gasteiger partial charge in [-0.2, -0.15) is 0 Å². The number of rotatable bonds is 4. The van der Waals surface area contributed by atoms with Crippen molar-refractivity contribution in [1.82, 2.24) is 9.97 Å². The second kappa shape index (κ2) is 4.53. The third-order valence-electron chi connectivity index (χ3n) is 2.68. The molecule has 3 N–H and O–H groups in total. The van der Waals surface area contributed by atoms with Crippen molar-refractivity contribution in [1.29, 1.82) is 0 Å². The van der Waals surface area contributed by atoms with Gasteiger partial charge in [-0.1, -0.05) is 18.6 Å². The maximum atomic E-state index is 5.49. The van der Waals surface area contributed by atoms with Crippen molar-refractivity contribution < 1.29 is 0 Å². The van der Waals surface area contributed by atoms with E-state index in [2.05, 4.69) is 15.3 Å². The molecule has 15 heavy (non-hydrogen) atoms. The van der Waals surface area contributed by atoms with Gasteiger partial charge in [-0.15, -0.1) is 0 Å². The maximum Gasteiger partial charge on any atom is 0.223 e. The number of aromatic nitrogens is 2. The predicted molar refractivity (Wildman–Crippen MR) is 63.8 cm³/mol. The topological polar surface area (TPSA) is 63.8 Å². The number of nitrogens with two attached hydrogens (primary N) is 1. The summed E-state index contributed by atoms with van der Waals surface area (Å²) >= 11 is 4.85. The first-order chi connectivity index (χ1) is 7.25. The molecule has 0 bridgehead atoms. The van der Waals surface area contributed by atoms with Crippen LogP contribution in [-0.4, -0.2) is 21.5 Å². The highest BCUT2D eigenvalue weighted by Crippen LogP contribution is 2.25. The van der Waals surface area contributed by atoms with Crippen molar-refractivity contribution in [3.05, 3.63) is 18.0 Å². The van der Waals surface area contributed by atoms with E-state index in [1.165, 1.54) is 19.3 Å². The summed E-state index contributed by atoms with van der Waals surface area (Å²) < 4.78 is 0. The summed E-state index contributed by atoms with van der Waals surface area (Å²) in [5, 5.41) is 3.20. The van der Waals surface area contributed by atoms with E-state index >= 15 is 0 Å². The summed E-state index contributed by atoms with van der Waals surface area (Å²) in [5.41, 5.74) is 6.11. The van der Waals surface area contributed by atoms with E-state index in [9.17, 15) is 0 Å². The van der Waals surface area contributed by atoms with Gasteiger partial charge in [-0.3, -0.25) is 0 Å². The Morgan fingerprint density at radius 1 is 1.60 bits per heavy atom. The van der Waals surface area contributed by atoms with Gasteiger partial charge in [0.2, 0.25) is 5.95 Å². The van der Waals surface area contributed by atoms with E-state index in [0.29, 0.717) is 16.6 Å². The minimum Gasteiger partial charge on any atom is -0.388 e. The monoisotopic (exact) mass is 222 g/mol. The Balaban J connectivity index is 1.94. The van der Waals surface area contributed by atoms with Crippen molar-refractivity contribution in [2.75, 3.05) is 11.9 Å². The van der Waals surface area contributed by atoms with Gasteiger partial charge in [0.05, 0.1) is 0 Å². The summed E-state index contributed by atoms with van der Waals surface area (Å²) in [4.78, 5) is 8.64. The molecule has 0 amide bonds. The van der Waals surface area contributed by atoms with Crippen LogP contribution >= 0.6 is 12.2 Å². The van der Waals surface area contributed by atoms with Crippen LogP contribution in [-0.2, 0) is 0 Å². The largest absolute Gasteiger partial charge is 0.388 e. The van der Waals surface area contributed by atoms with Gasteiger partial charge in [-0.25, -0.2) is 9.97 Å². The average molecular weight is 222 g/mol. The van der Waals surface area contributed by atoms with Gasteiger partial charge in [-0.05, 0) is 24.8 Å². The lowest BCUT2D eigenvalue weighted by Crippen LogP contribution is -2.22. The molecule has 1 fully saturated rings. The third-order valence-corrected chi connectivity index (χ3v) is 2.89. The molecule has 0 aliphatic heterocycles. The highest BCUT2D eigenvalue weighted by Gasteiger charge is 2.17. The quantitative estimate of drug-likeness (QED) is 0.752. The number of hydrogen-bond acceptors (Lipinski definition) is 4. The molecule has 0 spiro atoms. The van der Waals surface area contributed by atoms with Crippen LogP contribution in [0, 0.1) is 5.92 Å². The fraction of sp³-hybridized carbons (Fsp3) is 0.500. The van der Waals surface area contributed by atoms with Gasteiger partial charge >= 0.3 is 0 Å². The molecule has 0 unspecified atom stereocenters. The molecular formula is C10H14N4S. The molecule has 1 saturated carbocycles. The van der Waals surface area contributed by atoms with Crippen molar-refractivity contribution in [2.45, 2.75) is 19.3 Å². The molecule has 0 saturated heterocycles. The third kappa shape index (κ3) is 2.62. The van der Waals surface area contributed by atoms with E-state index in [-0.39, 0.29) is 0 Å². The summed E-state index contributed by atoms with van der Waals surface area (Å²) in [6.45, 7) is 0.945. The molecule has 0 aromatic carbocycles. The lowest BCUT2D eigenvalue weighted by molar-refractivity contribution is 0.333. The van der Waals surface area contributed by atoms with E-state index in [0.717, 1.165) is 12.5 Å². The van der Waals surface area contributed by atoms with Crippen molar-refractivity contribution in [3.63, 3.8) is 0 Å². The van der Waals surface area contributed by atoms with Crippen LogP contribution in [0.4, 0.5) is 5.95 Å². The Hall–Kier alpha value is -1.23. The second-order valence-electron chi connectivity index (χ2n) is 3.81. The number of thiocarbonyl (C=S) groups is 1. The maximum absolute atomic E-state index is 5.49. The smallest absolute Gasteiger partial charge is 0.223 e. The van der Waals surface area contributed by atoms with E-state index in [1.807, 2.05) is 0 Å². The molecule has 5 heteroatoms. The molecule has 2 rings (SSSR count). The molecule has 1 aliphatic rings. The van der Waals surface area contributed by atoms with Crippen LogP contribution in [0.15, 0.2) is 12.3 Å². The van der Waals surface area contributed by atoms with Crippen molar-refractivity contribution in [2.24, 2.45) is 11.7 Å². The SMILES string of the molecule is NC(=S)c1ccnc(NCC2CCC2)n1. The summed E-state index contributed by atoms with van der Waals surface area (Å²) in [6.07, 6.45) is 5.63. The predicted octanol–water partition coefficient (Wildman–Crippen LogP) is 1.32. The first-order valence-electron chi connectivity index (χ1n) is 5.12. The summed E-state index contributed by atoms with van der Waals surface area (Å²) in [5.74, 6) is 1.40. The lowest BCUT2D eigenvalue weighted by atomic mass is 9.85. The van der Waals surface area contributed by atoms with Crippen LogP contribution in [0.25, 0.3) is 0 Å². The number of nitrogens with one attached hydrogen (secondary N) is 1. The number of nitrogens with zero attached hydrogens (tertiary/aromatic N) is 2. The minimum absolute atomic E-state index is 0.309. The molecule has 1 heterocycles. The molecule has 1 aromatic heterocycles. The molecular weight excluding hydrogens is 208 g/mol.